The van der Waals surface area contributed by atoms with Gasteiger partial charge >= 0.3 is 6.09 Å². The van der Waals surface area contributed by atoms with E-state index in [1.165, 1.54) is 11.0 Å². The van der Waals surface area contributed by atoms with Gasteiger partial charge in [0.05, 0.1) is 6.04 Å². The normalized spacial score (nSPS) is 22.9. The van der Waals surface area contributed by atoms with Crippen LogP contribution in [0.4, 0.5) is 9.18 Å². The van der Waals surface area contributed by atoms with E-state index in [-0.39, 0.29) is 11.9 Å². The van der Waals surface area contributed by atoms with Crippen molar-refractivity contribution in [3.8, 4) is 0 Å². The quantitative estimate of drug-likeness (QED) is 0.860. The van der Waals surface area contributed by atoms with Crippen molar-refractivity contribution >= 4 is 6.09 Å². The molecule has 0 aromatic heterocycles. The van der Waals surface area contributed by atoms with Gasteiger partial charge in [0.15, 0.2) is 0 Å². The SMILES string of the molecule is CC(C)(C)OC(=O)N1CC[C@H](N)[C@H]1c1ccccc1F. The van der Waals surface area contributed by atoms with Crippen LogP contribution in [0.3, 0.4) is 0 Å². The van der Waals surface area contributed by atoms with E-state index < -0.39 is 17.7 Å². The van der Waals surface area contributed by atoms with Crippen molar-refractivity contribution in [2.45, 2.75) is 44.9 Å². The first-order valence-corrected chi connectivity index (χ1v) is 6.79. The Morgan fingerprint density at radius 3 is 2.65 bits per heavy atom. The molecule has 1 heterocycles. The van der Waals surface area contributed by atoms with Gasteiger partial charge in [-0.2, -0.15) is 0 Å². The highest BCUT2D eigenvalue weighted by Gasteiger charge is 2.39. The summed E-state index contributed by atoms with van der Waals surface area (Å²) < 4.78 is 19.3. The fraction of sp³-hybridized carbons (Fsp3) is 0.533. The van der Waals surface area contributed by atoms with Gasteiger partial charge in [-0.3, -0.25) is 4.90 Å². The molecule has 0 saturated carbocycles. The van der Waals surface area contributed by atoms with E-state index in [0.29, 0.717) is 18.5 Å². The number of hydrogen-bond donors (Lipinski definition) is 1. The molecule has 1 fully saturated rings. The number of benzene rings is 1. The molecule has 1 aliphatic rings. The molecule has 2 N–H and O–H groups in total. The van der Waals surface area contributed by atoms with Crippen molar-refractivity contribution in [3.05, 3.63) is 35.6 Å². The first-order chi connectivity index (χ1) is 9.29. The maximum atomic E-state index is 14.0. The van der Waals surface area contributed by atoms with Crippen LogP contribution < -0.4 is 5.73 Å². The molecule has 0 unspecified atom stereocenters. The first-order valence-electron chi connectivity index (χ1n) is 6.79. The molecular weight excluding hydrogens is 259 g/mol. The highest BCUT2D eigenvalue weighted by molar-refractivity contribution is 5.69. The van der Waals surface area contributed by atoms with Gasteiger partial charge in [-0.25, -0.2) is 9.18 Å². The molecule has 2 atom stereocenters. The molecule has 0 radical (unpaired) electrons. The van der Waals surface area contributed by atoms with Gasteiger partial charge in [0.1, 0.15) is 11.4 Å². The largest absolute Gasteiger partial charge is 0.444 e. The van der Waals surface area contributed by atoms with Crippen molar-refractivity contribution in [2.24, 2.45) is 5.73 Å². The third-order valence-corrected chi connectivity index (χ3v) is 3.30. The van der Waals surface area contributed by atoms with E-state index >= 15 is 0 Å². The summed E-state index contributed by atoms with van der Waals surface area (Å²) in [5.74, 6) is -0.344. The molecule has 2 rings (SSSR count). The molecule has 0 aliphatic carbocycles. The predicted octanol–water partition coefficient (Wildman–Crippen LogP) is 2.83. The third kappa shape index (κ3) is 3.10. The van der Waals surface area contributed by atoms with Crippen LogP contribution in [-0.2, 0) is 4.74 Å². The van der Waals surface area contributed by atoms with E-state index in [9.17, 15) is 9.18 Å². The maximum absolute atomic E-state index is 14.0. The Bertz CT molecular complexity index is 499. The zero-order valence-corrected chi connectivity index (χ0v) is 12.1. The minimum absolute atomic E-state index is 0.278. The number of nitrogens with two attached hydrogens (primary N) is 1. The predicted molar refractivity (Wildman–Crippen MR) is 74.7 cm³/mol. The Hall–Kier alpha value is -1.62. The Balaban J connectivity index is 2.26. The molecule has 1 saturated heterocycles. The smallest absolute Gasteiger partial charge is 0.410 e. The number of halogens is 1. The van der Waals surface area contributed by atoms with Crippen molar-refractivity contribution in [1.29, 1.82) is 0 Å². The lowest BCUT2D eigenvalue weighted by atomic mass is 10.0. The lowest BCUT2D eigenvalue weighted by molar-refractivity contribution is 0.0216. The van der Waals surface area contributed by atoms with Gasteiger partial charge in [-0.05, 0) is 33.3 Å². The molecule has 0 spiro atoms. The van der Waals surface area contributed by atoms with Crippen molar-refractivity contribution in [3.63, 3.8) is 0 Å². The summed E-state index contributed by atoms with van der Waals surface area (Å²) in [5.41, 5.74) is 5.92. The summed E-state index contributed by atoms with van der Waals surface area (Å²) in [4.78, 5) is 13.7. The summed E-state index contributed by atoms with van der Waals surface area (Å²) in [7, 11) is 0. The minimum atomic E-state index is -0.580. The average molecular weight is 280 g/mol. The van der Waals surface area contributed by atoms with Crippen LogP contribution in [0.2, 0.25) is 0 Å². The van der Waals surface area contributed by atoms with Crippen molar-refractivity contribution < 1.29 is 13.9 Å². The topological polar surface area (TPSA) is 55.6 Å². The van der Waals surface area contributed by atoms with Gasteiger partial charge in [0.25, 0.3) is 0 Å². The molecule has 1 amide bonds. The minimum Gasteiger partial charge on any atom is -0.444 e. The van der Waals surface area contributed by atoms with Crippen molar-refractivity contribution in [1.82, 2.24) is 4.90 Å². The van der Waals surface area contributed by atoms with E-state index in [2.05, 4.69) is 0 Å². The van der Waals surface area contributed by atoms with Crippen LogP contribution >= 0.6 is 0 Å². The second kappa shape index (κ2) is 5.40. The van der Waals surface area contributed by atoms with Crippen LogP contribution in [0.15, 0.2) is 24.3 Å². The van der Waals surface area contributed by atoms with E-state index in [0.717, 1.165) is 0 Å². The van der Waals surface area contributed by atoms with Crippen LogP contribution in [0.1, 0.15) is 38.8 Å². The number of nitrogens with zero attached hydrogens (tertiary/aromatic N) is 1. The van der Waals surface area contributed by atoms with Gasteiger partial charge in [0, 0.05) is 18.2 Å². The fourth-order valence-electron chi connectivity index (χ4n) is 2.46. The first kappa shape index (κ1) is 14.8. The molecule has 1 aromatic carbocycles. The van der Waals surface area contributed by atoms with Gasteiger partial charge < -0.3 is 10.5 Å². The van der Waals surface area contributed by atoms with Crippen LogP contribution in [-0.4, -0.2) is 29.2 Å². The average Bonchev–Trinajstić information content (AvgIpc) is 2.70. The van der Waals surface area contributed by atoms with Gasteiger partial charge in [0.2, 0.25) is 0 Å². The van der Waals surface area contributed by atoms with E-state index in [1.807, 2.05) is 0 Å². The Morgan fingerprint density at radius 1 is 1.40 bits per heavy atom. The molecule has 110 valence electrons. The molecule has 0 bridgehead atoms. The van der Waals surface area contributed by atoms with Crippen LogP contribution in [0.5, 0.6) is 0 Å². The fourth-order valence-corrected chi connectivity index (χ4v) is 2.46. The van der Waals surface area contributed by atoms with Crippen molar-refractivity contribution in [2.75, 3.05) is 6.54 Å². The Kier molecular flexibility index (Phi) is 3.99. The Morgan fingerprint density at radius 2 is 2.05 bits per heavy atom. The summed E-state index contributed by atoms with van der Waals surface area (Å²) in [6.07, 6.45) is 0.192. The lowest BCUT2D eigenvalue weighted by Crippen LogP contribution is -2.39. The van der Waals surface area contributed by atoms with Crippen LogP contribution in [0.25, 0.3) is 0 Å². The molecule has 4 nitrogen and oxygen atoms in total. The zero-order valence-electron chi connectivity index (χ0n) is 12.1. The van der Waals surface area contributed by atoms with Gasteiger partial charge in [-0.1, -0.05) is 18.2 Å². The number of ether oxygens (including phenoxy) is 1. The number of amides is 1. The number of carbonyl (C=O) groups is 1. The summed E-state index contributed by atoms with van der Waals surface area (Å²) >= 11 is 0. The zero-order chi connectivity index (χ0) is 14.9. The summed E-state index contributed by atoms with van der Waals surface area (Å²) in [6, 6.07) is 5.68. The van der Waals surface area contributed by atoms with Gasteiger partial charge in [-0.15, -0.1) is 0 Å². The molecule has 1 aliphatic heterocycles. The number of carbonyl (C=O) groups excluding carboxylic acids is 1. The summed E-state index contributed by atoms with van der Waals surface area (Å²) in [6.45, 7) is 5.89. The second-order valence-corrected chi connectivity index (χ2v) is 6.09. The maximum Gasteiger partial charge on any atom is 0.410 e. The molecule has 1 aromatic rings. The number of rotatable bonds is 1. The van der Waals surface area contributed by atoms with E-state index in [1.54, 1.807) is 39.0 Å². The van der Waals surface area contributed by atoms with E-state index in [4.69, 9.17) is 10.5 Å². The number of hydrogen-bond acceptors (Lipinski definition) is 3. The molecule has 5 heteroatoms. The third-order valence-electron chi connectivity index (χ3n) is 3.30. The number of likely N-dealkylation sites (tertiary alicyclic amines) is 1. The molecular formula is C15H21FN2O2. The standard InChI is InChI=1S/C15H21FN2O2/c1-15(2,3)20-14(19)18-9-8-12(17)13(18)10-6-4-5-7-11(10)16/h4-7,12-13H,8-9,17H2,1-3H3/t12-,13+/m0/s1. The monoisotopic (exact) mass is 280 g/mol. The van der Waals surface area contributed by atoms with Crippen LogP contribution in [0, 0.1) is 5.82 Å². The lowest BCUT2D eigenvalue weighted by Gasteiger charge is -2.30. The molecule has 20 heavy (non-hydrogen) atoms. The highest BCUT2D eigenvalue weighted by Crippen LogP contribution is 2.33. The highest BCUT2D eigenvalue weighted by atomic mass is 19.1. The second-order valence-electron chi connectivity index (χ2n) is 6.09. The Labute approximate surface area is 118 Å². The summed E-state index contributed by atoms with van der Waals surface area (Å²) in [5, 5.41) is 0.